The number of benzene rings is 2. The average Bonchev–Trinajstić information content (AvgIpc) is 3.18. The molecule has 0 aromatic heterocycles. The fourth-order valence-corrected chi connectivity index (χ4v) is 5.28. The number of hydrogen-bond acceptors (Lipinski definition) is 6. The highest BCUT2D eigenvalue weighted by Crippen LogP contribution is 2.39. The molecule has 1 aliphatic carbocycles. The van der Waals surface area contributed by atoms with Gasteiger partial charge in [0.25, 0.3) is 5.91 Å². The van der Waals surface area contributed by atoms with Crippen LogP contribution in [0.2, 0.25) is 0 Å². The summed E-state index contributed by atoms with van der Waals surface area (Å²) in [5.74, 6) is 0.864. The highest BCUT2D eigenvalue weighted by Gasteiger charge is 2.34. The highest BCUT2D eigenvalue weighted by molar-refractivity contribution is 6.03. The van der Waals surface area contributed by atoms with Gasteiger partial charge in [0.15, 0.2) is 17.3 Å². The van der Waals surface area contributed by atoms with Gasteiger partial charge in [-0.2, -0.15) is 0 Å². The second-order valence-electron chi connectivity index (χ2n) is 9.68. The van der Waals surface area contributed by atoms with Crippen molar-refractivity contribution in [1.29, 1.82) is 0 Å². The third-order valence-corrected chi connectivity index (χ3v) is 7.28. The molecule has 192 valence electrons. The van der Waals surface area contributed by atoms with Crippen molar-refractivity contribution in [2.75, 3.05) is 33.9 Å². The second kappa shape index (κ2) is 11.6. The first-order valence-corrected chi connectivity index (χ1v) is 12.5. The SMILES string of the molecule is COc1cc2c(cc1OC)C(=O)C(CC1CCN(Cc3ccc(C(=O)NCCC(=O)O)cc3)CC1)C2. The number of piperidine rings is 1. The first-order valence-electron chi connectivity index (χ1n) is 12.5. The maximum Gasteiger partial charge on any atom is 0.305 e. The van der Waals surface area contributed by atoms with E-state index >= 15 is 0 Å². The molecule has 1 heterocycles. The Morgan fingerprint density at radius 2 is 1.72 bits per heavy atom. The molecule has 2 aromatic carbocycles. The summed E-state index contributed by atoms with van der Waals surface area (Å²) in [5, 5.41) is 11.3. The van der Waals surface area contributed by atoms with Crippen LogP contribution in [0.3, 0.4) is 0 Å². The van der Waals surface area contributed by atoms with Gasteiger partial charge in [0.1, 0.15) is 0 Å². The lowest BCUT2D eigenvalue weighted by molar-refractivity contribution is -0.136. The zero-order valence-electron chi connectivity index (χ0n) is 20.9. The molecule has 1 fully saturated rings. The summed E-state index contributed by atoms with van der Waals surface area (Å²) in [7, 11) is 3.20. The van der Waals surface area contributed by atoms with Gasteiger partial charge >= 0.3 is 5.97 Å². The van der Waals surface area contributed by atoms with Gasteiger partial charge in [-0.05, 0) is 80.1 Å². The van der Waals surface area contributed by atoms with Crippen molar-refractivity contribution in [2.45, 2.75) is 38.6 Å². The molecule has 8 heteroatoms. The Hall–Kier alpha value is -3.39. The monoisotopic (exact) mass is 494 g/mol. The third kappa shape index (κ3) is 6.05. The maximum absolute atomic E-state index is 13.0. The third-order valence-electron chi connectivity index (χ3n) is 7.28. The summed E-state index contributed by atoms with van der Waals surface area (Å²) in [6.45, 7) is 2.90. The fourth-order valence-electron chi connectivity index (χ4n) is 5.28. The van der Waals surface area contributed by atoms with Gasteiger partial charge in [-0.25, -0.2) is 0 Å². The fraction of sp³-hybridized carbons (Fsp3) is 0.464. The molecule has 1 aliphatic heterocycles. The number of aliphatic carboxylic acids is 1. The number of nitrogens with one attached hydrogen (secondary N) is 1. The van der Waals surface area contributed by atoms with E-state index < -0.39 is 5.97 Å². The molecule has 1 saturated heterocycles. The number of carboxylic acid groups (broad SMARTS) is 1. The van der Waals surface area contributed by atoms with E-state index in [4.69, 9.17) is 14.6 Å². The van der Waals surface area contributed by atoms with Gasteiger partial charge in [-0.3, -0.25) is 19.3 Å². The summed E-state index contributed by atoms with van der Waals surface area (Å²) < 4.78 is 10.8. The molecule has 1 amide bonds. The van der Waals surface area contributed by atoms with Gasteiger partial charge in [-0.15, -0.1) is 0 Å². The van der Waals surface area contributed by atoms with Crippen LogP contribution in [0.1, 0.15) is 57.5 Å². The number of carboxylic acids is 1. The molecule has 36 heavy (non-hydrogen) atoms. The van der Waals surface area contributed by atoms with Crippen LogP contribution in [0.5, 0.6) is 11.5 Å². The lowest BCUT2D eigenvalue weighted by Gasteiger charge is -2.33. The summed E-state index contributed by atoms with van der Waals surface area (Å²) >= 11 is 0. The van der Waals surface area contributed by atoms with Crippen LogP contribution >= 0.6 is 0 Å². The van der Waals surface area contributed by atoms with Crippen LogP contribution in [-0.2, 0) is 17.8 Å². The van der Waals surface area contributed by atoms with E-state index in [1.54, 1.807) is 26.4 Å². The molecule has 2 aromatic rings. The van der Waals surface area contributed by atoms with E-state index in [-0.39, 0.29) is 30.6 Å². The summed E-state index contributed by atoms with van der Waals surface area (Å²) in [4.78, 5) is 38.2. The largest absolute Gasteiger partial charge is 0.493 e. The summed E-state index contributed by atoms with van der Waals surface area (Å²) in [5.41, 5.74) is 3.49. The predicted molar refractivity (Wildman–Crippen MR) is 135 cm³/mol. The van der Waals surface area contributed by atoms with Crippen LogP contribution in [-0.4, -0.2) is 61.5 Å². The highest BCUT2D eigenvalue weighted by atomic mass is 16.5. The van der Waals surface area contributed by atoms with E-state index in [2.05, 4.69) is 10.2 Å². The zero-order valence-corrected chi connectivity index (χ0v) is 20.9. The second-order valence-corrected chi connectivity index (χ2v) is 9.68. The number of amides is 1. The topological polar surface area (TPSA) is 105 Å². The average molecular weight is 495 g/mol. The molecule has 0 radical (unpaired) electrons. The molecular weight excluding hydrogens is 460 g/mol. The Morgan fingerprint density at radius 3 is 2.36 bits per heavy atom. The quantitative estimate of drug-likeness (QED) is 0.520. The van der Waals surface area contributed by atoms with E-state index in [1.807, 2.05) is 24.3 Å². The van der Waals surface area contributed by atoms with E-state index in [9.17, 15) is 14.4 Å². The first kappa shape index (κ1) is 25.7. The lowest BCUT2D eigenvalue weighted by atomic mass is 9.85. The van der Waals surface area contributed by atoms with Gasteiger partial charge in [0, 0.05) is 30.1 Å². The van der Waals surface area contributed by atoms with Gasteiger partial charge in [-0.1, -0.05) is 12.1 Å². The molecule has 2 N–H and O–H groups in total. The van der Waals surface area contributed by atoms with Gasteiger partial charge in [0.2, 0.25) is 0 Å². The number of methoxy groups -OCH3 is 2. The number of rotatable bonds is 10. The summed E-state index contributed by atoms with van der Waals surface area (Å²) in [6, 6.07) is 11.2. The van der Waals surface area contributed by atoms with Crippen LogP contribution in [0.4, 0.5) is 0 Å². The number of ketones is 1. The smallest absolute Gasteiger partial charge is 0.305 e. The normalized spacial score (nSPS) is 18.1. The Bertz CT molecular complexity index is 1110. The molecule has 0 bridgehead atoms. The Labute approximate surface area is 211 Å². The number of likely N-dealkylation sites (tertiary alicyclic amines) is 1. The number of fused-ring (bicyclic) bond motifs is 1. The molecule has 1 unspecified atom stereocenters. The van der Waals surface area contributed by atoms with Crippen molar-refractivity contribution in [2.24, 2.45) is 11.8 Å². The maximum atomic E-state index is 13.0. The lowest BCUT2D eigenvalue weighted by Crippen LogP contribution is -2.34. The number of carbonyl (C=O) groups excluding carboxylic acids is 2. The van der Waals surface area contributed by atoms with Crippen molar-refractivity contribution < 1.29 is 29.0 Å². The van der Waals surface area contributed by atoms with Gasteiger partial charge in [0.05, 0.1) is 20.6 Å². The minimum atomic E-state index is -0.935. The Balaban J connectivity index is 1.24. The predicted octanol–water partition coefficient (Wildman–Crippen LogP) is 3.57. The minimum Gasteiger partial charge on any atom is -0.493 e. The van der Waals surface area contributed by atoms with Crippen molar-refractivity contribution in [3.05, 3.63) is 58.7 Å². The zero-order chi connectivity index (χ0) is 25.7. The van der Waals surface area contributed by atoms with E-state index in [0.717, 1.165) is 62.0 Å². The van der Waals surface area contributed by atoms with Crippen LogP contribution in [0.25, 0.3) is 0 Å². The molecule has 1 atom stereocenters. The molecular formula is C28H34N2O6. The summed E-state index contributed by atoms with van der Waals surface area (Å²) in [6.07, 6.45) is 3.72. The molecule has 0 spiro atoms. The van der Waals surface area contributed by atoms with Crippen LogP contribution in [0, 0.1) is 11.8 Å². The van der Waals surface area contributed by atoms with Crippen molar-refractivity contribution in [3.8, 4) is 11.5 Å². The molecule has 4 rings (SSSR count). The van der Waals surface area contributed by atoms with Crippen LogP contribution in [0.15, 0.2) is 36.4 Å². The van der Waals surface area contributed by atoms with E-state index in [1.165, 1.54) is 0 Å². The minimum absolute atomic E-state index is 0.0301. The molecule has 0 saturated carbocycles. The molecule has 2 aliphatic rings. The first-order chi connectivity index (χ1) is 17.4. The standard InChI is InChI=1S/C28H34N2O6/c1-35-24-15-21-14-22(27(33)23(21)16-25(24)36-2)13-18-8-11-30(12-9-18)17-19-3-5-20(6-4-19)28(34)29-10-7-26(31)32/h3-6,15-16,18,22H,7-14,17H2,1-2H3,(H,29,34)(H,31,32). The van der Waals surface area contributed by atoms with Crippen LogP contribution < -0.4 is 14.8 Å². The number of nitrogens with zero attached hydrogens (tertiary/aromatic N) is 1. The Kier molecular flexibility index (Phi) is 8.25. The number of Topliss-reactive ketones (excluding diaryl/α,β-unsaturated/α-hetero) is 1. The van der Waals surface area contributed by atoms with Crippen molar-refractivity contribution in [3.63, 3.8) is 0 Å². The van der Waals surface area contributed by atoms with Crippen molar-refractivity contribution in [1.82, 2.24) is 10.2 Å². The van der Waals surface area contributed by atoms with Crippen molar-refractivity contribution >= 4 is 17.7 Å². The van der Waals surface area contributed by atoms with E-state index in [0.29, 0.717) is 23.0 Å². The molecule has 8 nitrogen and oxygen atoms in total. The van der Waals surface area contributed by atoms with Gasteiger partial charge < -0.3 is 19.9 Å². The number of hydrogen-bond donors (Lipinski definition) is 2. The Morgan fingerprint density at radius 1 is 1.06 bits per heavy atom. The number of ether oxygens (including phenoxy) is 2. The number of carbonyl (C=O) groups is 3.